The molecular weight excluding hydrogens is 166 g/mol. The highest BCUT2D eigenvalue weighted by molar-refractivity contribution is 5.82. The van der Waals surface area contributed by atoms with Crippen LogP contribution in [0.4, 0.5) is 5.69 Å². The van der Waals surface area contributed by atoms with E-state index in [4.69, 9.17) is 10.2 Å². The lowest BCUT2D eigenvalue weighted by Gasteiger charge is -1.99. The largest absolute Gasteiger partial charge is 0.422 e. The normalized spacial score (nSPS) is 10.5. The summed E-state index contributed by atoms with van der Waals surface area (Å²) in [6.45, 7) is 1.81. The van der Waals surface area contributed by atoms with Crippen molar-refractivity contribution in [3.63, 3.8) is 0 Å². The van der Waals surface area contributed by atoms with Gasteiger partial charge in [0.15, 0.2) is 0 Å². The number of benzene rings is 1. The zero-order chi connectivity index (χ0) is 9.42. The van der Waals surface area contributed by atoms with Crippen molar-refractivity contribution in [1.82, 2.24) is 0 Å². The van der Waals surface area contributed by atoms with Crippen LogP contribution in [-0.2, 0) is 0 Å². The van der Waals surface area contributed by atoms with E-state index in [1.807, 2.05) is 13.0 Å². The number of fused-ring (bicyclic) bond motifs is 1. The Morgan fingerprint density at radius 3 is 3.00 bits per heavy atom. The third-order valence-electron chi connectivity index (χ3n) is 1.90. The van der Waals surface area contributed by atoms with Crippen LogP contribution >= 0.6 is 0 Å². The average molecular weight is 174 g/mol. The van der Waals surface area contributed by atoms with Gasteiger partial charge in [-0.25, -0.2) is 4.79 Å². The molecule has 0 aliphatic rings. The number of hydrogen-bond acceptors (Lipinski definition) is 3. The number of aryl methyl sites for hydroxylation is 1. The van der Waals surface area contributed by atoms with Crippen molar-refractivity contribution in [2.75, 3.05) is 5.73 Å². The third kappa shape index (κ3) is 1.28. The molecule has 0 aliphatic carbocycles. The van der Waals surface area contributed by atoms with Crippen molar-refractivity contribution in [2.24, 2.45) is 0 Å². The molecule has 0 atom stereocenters. The lowest BCUT2D eigenvalue weighted by Crippen LogP contribution is -1.99. The molecule has 65 valence electrons. The number of anilines is 1. The maximum atomic E-state index is 11.0. The van der Waals surface area contributed by atoms with Crippen LogP contribution < -0.4 is 11.4 Å². The van der Waals surface area contributed by atoms with Crippen LogP contribution in [0, 0.1) is 13.0 Å². The van der Waals surface area contributed by atoms with Gasteiger partial charge in [-0.15, -0.1) is 0 Å². The Kier molecular flexibility index (Phi) is 1.59. The predicted octanol–water partition coefficient (Wildman–Crippen LogP) is 1.48. The molecule has 0 amide bonds. The number of hydrogen-bond donors (Lipinski definition) is 1. The van der Waals surface area contributed by atoms with E-state index in [1.54, 1.807) is 12.1 Å². The number of rotatable bonds is 0. The molecule has 1 heterocycles. The summed E-state index contributed by atoms with van der Waals surface area (Å²) in [5.41, 5.74) is 6.97. The smallest absolute Gasteiger partial charge is 0.344 e. The Bertz CT molecular complexity index is 514. The van der Waals surface area contributed by atoms with Crippen molar-refractivity contribution in [3.05, 3.63) is 40.2 Å². The second kappa shape index (κ2) is 2.62. The summed E-state index contributed by atoms with van der Waals surface area (Å²) in [5, 5.41) is 0.869. The Morgan fingerprint density at radius 2 is 2.23 bits per heavy atom. The molecule has 0 fully saturated rings. The minimum absolute atomic E-state index is 0.462. The summed E-state index contributed by atoms with van der Waals surface area (Å²) in [7, 11) is 0. The molecule has 0 unspecified atom stereocenters. The Labute approximate surface area is 74.8 Å². The van der Waals surface area contributed by atoms with Crippen LogP contribution in [0.2, 0.25) is 0 Å². The minimum atomic E-state index is -0.462. The van der Waals surface area contributed by atoms with Crippen LogP contribution in [0.3, 0.4) is 0 Å². The zero-order valence-electron chi connectivity index (χ0n) is 7.13. The van der Waals surface area contributed by atoms with E-state index in [-0.39, 0.29) is 0 Å². The van der Waals surface area contributed by atoms with Gasteiger partial charge in [0.2, 0.25) is 0 Å². The van der Waals surface area contributed by atoms with Crippen molar-refractivity contribution in [3.8, 4) is 0 Å². The molecule has 1 radical (unpaired) electrons. The van der Waals surface area contributed by atoms with Gasteiger partial charge in [0.25, 0.3) is 0 Å². The van der Waals surface area contributed by atoms with E-state index in [0.29, 0.717) is 11.3 Å². The van der Waals surface area contributed by atoms with Gasteiger partial charge in [0, 0.05) is 17.1 Å². The van der Waals surface area contributed by atoms with E-state index < -0.39 is 5.63 Å². The molecule has 0 spiro atoms. The molecule has 13 heavy (non-hydrogen) atoms. The summed E-state index contributed by atoms with van der Waals surface area (Å²) >= 11 is 0. The molecule has 0 aliphatic heterocycles. The van der Waals surface area contributed by atoms with Crippen LogP contribution in [0.15, 0.2) is 27.4 Å². The van der Waals surface area contributed by atoms with Crippen molar-refractivity contribution >= 4 is 16.7 Å². The van der Waals surface area contributed by atoms with Gasteiger partial charge in [0.1, 0.15) is 5.58 Å². The van der Waals surface area contributed by atoms with Crippen LogP contribution in [-0.4, -0.2) is 0 Å². The highest BCUT2D eigenvalue weighted by Gasteiger charge is 2.01. The van der Waals surface area contributed by atoms with E-state index in [1.165, 1.54) is 0 Å². The fourth-order valence-corrected chi connectivity index (χ4v) is 1.28. The van der Waals surface area contributed by atoms with E-state index >= 15 is 0 Å². The van der Waals surface area contributed by atoms with E-state index in [2.05, 4.69) is 6.07 Å². The molecule has 2 aromatic rings. The topological polar surface area (TPSA) is 56.2 Å². The molecule has 3 nitrogen and oxygen atoms in total. The second-order valence-corrected chi connectivity index (χ2v) is 2.90. The van der Waals surface area contributed by atoms with Gasteiger partial charge < -0.3 is 10.2 Å². The molecular formula is C10H8NO2. The average Bonchev–Trinajstić information content (AvgIpc) is 2.02. The first kappa shape index (κ1) is 7.86. The molecule has 2 N–H and O–H groups in total. The molecule has 1 aromatic heterocycles. The van der Waals surface area contributed by atoms with Gasteiger partial charge in [0.05, 0.1) is 6.07 Å². The van der Waals surface area contributed by atoms with Gasteiger partial charge in [-0.3, -0.25) is 0 Å². The number of nitrogens with two attached hydrogens (primary N) is 1. The summed E-state index contributed by atoms with van der Waals surface area (Å²) in [6.07, 6.45) is 0. The lowest BCUT2D eigenvalue weighted by atomic mass is 10.1. The second-order valence-electron chi connectivity index (χ2n) is 2.90. The van der Waals surface area contributed by atoms with Crippen molar-refractivity contribution in [2.45, 2.75) is 6.92 Å². The van der Waals surface area contributed by atoms with Gasteiger partial charge >= 0.3 is 5.63 Å². The van der Waals surface area contributed by atoms with Gasteiger partial charge in [-0.2, -0.15) is 0 Å². The molecule has 0 saturated heterocycles. The first-order valence-corrected chi connectivity index (χ1v) is 3.89. The molecule has 0 bridgehead atoms. The highest BCUT2D eigenvalue weighted by atomic mass is 16.4. The monoisotopic (exact) mass is 174 g/mol. The van der Waals surface area contributed by atoms with Crippen LogP contribution in [0.1, 0.15) is 5.56 Å². The highest BCUT2D eigenvalue weighted by Crippen LogP contribution is 2.18. The standard InChI is InChI=1S/C10H8NO2/c1-6-4-10(12)13-9-5-7(11)2-3-8(6)9/h2-3,5H,11H2,1H3. The maximum Gasteiger partial charge on any atom is 0.344 e. The maximum absolute atomic E-state index is 11.0. The lowest BCUT2D eigenvalue weighted by molar-refractivity contribution is 0.558. The molecule has 1 aromatic carbocycles. The van der Waals surface area contributed by atoms with E-state index in [9.17, 15) is 4.79 Å². The predicted molar refractivity (Wildman–Crippen MR) is 50.5 cm³/mol. The molecule has 2 rings (SSSR count). The third-order valence-corrected chi connectivity index (χ3v) is 1.90. The SMILES string of the molecule is Cc1[c]c(=O)oc2cc(N)ccc12. The Morgan fingerprint density at radius 1 is 1.46 bits per heavy atom. The number of nitrogen functional groups attached to an aromatic ring is 1. The van der Waals surface area contributed by atoms with Gasteiger partial charge in [-0.1, -0.05) is 0 Å². The van der Waals surface area contributed by atoms with Crippen LogP contribution in [0.5, 0.6) is 0 Å². The quantitative estimate of drug-likeness (QED) is 0.486. The fourth-order valence-electron chi connectivity index (χ4n) is 1.28. The first-order valence-electron chi connectivity index (χ1n) is 3.89. The van der Waals surface area contributed by atoms with Crippen molar-refractivity contribution in [1.29, 1.82) is 0 Å². The minimum Gasteiger partial charge on any atom is -0.422 e. The summed E-state index contributed by atoms with van der Waals surface area (Å²) in [5.74, 6) is 0. The Balaban J connectivity index is 2.94. The molecule has 0 saturated carbocycles. The van der Waals surface area contributed by atoms with Gasteiger partial charge in [-0.05, 0) is 24.6 Å². The van der Waals surface area contributed by atoms with E-state index in [0.717, 1.165) is 10.9 Å². The molecule has 3 heteroatoms. The van der Waals surface area contributed by atoms with Crippen molar-refractivity contribution < 1.29 is 4.42 Å². The summed E-state index contributed by atoms with van der Waals surface area (Å²) < 4.78 is 4.93. The summed E-state index contributed by atoms with van der Waals surface area (Å²) in [4.78, 5) is 11.0. The van der Waals surface area contributed by atoms with Crippen LogP contribution in [0.25, 0.3) is 11.0 Å². The fraction of sp³-hybridized carbons (Fsp3) is 0.100. The first-order chi connectivity index (χ1) is 6.16. The Hall–Kier alpha value is -1.77. The zero-order valence-corrected chi connectivity index (χ0v) is 7.13. The summed E-state index contributed by atoms with van der Waals surface area (Å²) in [6, 6.07) is 7.79.